The highest BCUT2D eigenvalue weighted by atomic mass is 79.9. The standard InChI is InChI=1S/C25H15BrN4O6/c1-14(31)35-22-8-6-15(10-20(22)30(33)34)13-27-29-24(28-19-5-3-2-4-18(19)25(29)32)23-12-16-11-17(26)7-9-21(16)36-23/h2-13H,1H3. The molecule has 0 aliphatic rings. The fourth-order valence-corrected chi connectivity index (χ4v) is 4.02. The van der Waals surface area contributed by atoms with E-state index in [4.69, 9.17) is 9.15 Å². The number of nitro benzene ring substituents is 1. The number of benzene rings is 3. The summed E-state index contributed by atoms with van der Waals surface area (Å²) in [6, 6.07) is 18.0. The molecular weight excluding hydrogens is 532 g/mol. The molecule has 0 aliphatic heterocycles. The van der Waals surface area contributed by atoms with E-state index in [1.165, 1.54) is 24.4 Å². The maximum Gasteiger partial charge on any atom is 0.312 e. The average Bonchev–Trinajstić information content (AvgIpc) is 3.26. The molecular formula is C25H15BrN4O6. The van der Waals surface area contributed by atoms with Gasteiger partial charge in [0.1, 0.15) is 5.58 Å². The number of esters is 1. The molecule has 0 N–H and O–H groups in total. The van der Waals surface area contributed by atoms with Gasteiger partial charge in [-0.1, -0.05) is 28.1 Å². The summed E-state index contributed by atoms with van der Waals surface area (Å²) in [5, 5.41) is 16.9. The van der Waals surface area contributed by atoms with Crippen molar-refractivity contribution in [3.63, 3.8) is 0 Å². The maximum absolute atomic E-state index is 13.4. The lowest BCUT2D eigenvalue weighted by Gasteiger charge is -2.07. The Labute approximate surface area is 210 Å². The molecule has 0 amide bonds. The van der Waals surface area contributed by atoms with E-state index in [0.29, 0.717) is 27.8 Å². The number of hydrogen-bond acceptors (Lipinski definition) is 8. The van der Waals surface area contributed by atoms with E-state index in [1.807, 2.05) is 12.1 Å². The molecule has 11 heteroatoms. The molecule has 0 spiro atoms. The second-order valence-electron chi connectivity index (χ2n) is 7.68. The van der Waals surface area contributed by atoms with Crippen LogP contribution in [-0.4, -0.2) is 26.8 Å². The third kappa shape index (κ3) is 4.39. The van der Waals surface area contributed by atoms with Crippen molar-refractivity contribution < 1.29 is 18.9 Å². The fraction of sp³-hybridized carbons (Fsp3) is 0.0400. The van der Waals surface area contributed by atoms with Crippen molar-refractivity contribution in [2.24, 2.45) is 5.10 Å². The number of fused-ring (bicyclic) bond motifs is 2. The number of aromatic nitrogens is 2. The van der Waals surface area contributed by atoms with Crippen LogP contribution in [0.1, 0.15) is 12.5 Å². The van der Waals surface area contributed by atoms with E-state index in [-0.39, 0.29) is 11.6 Å². The third-order valence-electron chi connectivity index (χ3n) is 5.21. The van der Waals surface area contributed by atoms with Crippen LogP contribution in [0.2, 0.25) is 0 Å². The van der Waals surface area contributed by atoms with Crippen molar-refractivity contribution in [2.45, 2.75) is 6.92 Å². The number of carbonyl (C=O) groups excluding carboxylic acids is 1. The molecule has 3 aromatic carbocycles. The van der Waals surface area contributed by atoms with E-state index < -0.39 is 22.1 Å². The molecule has 36 heavy (non-hydrogen) atoms. The second kappa shape index (κ2) is 9.19. The largest absolute Gasteiger partial charge is 0.453 e. The second-order valence-corrected chi connectivity index (χ2v) is 8.60. The summed E-state index contributed by atoms with van der Waals surface area (Å²) in [6.45, 7) is 1.15. The number of para-hydroxylation sites is 1. The number of furan rings is 1. The van der Waals surface area contributed by atoms with Crippen LogP contribution in [0.5, 0.6) is 5.75 Å². The Hall–Kier alpha value is -4.64. The smallest absolute Gasteiger partial charge is 0.312 e. The summed E-state index contributed by atoms with van der Waals surface area (Å²) in [5.74, 6) is -0.397. The van der Waals surface area contributed by atoms with Crippen LogP contribution in [0.15, 0.2) is 85.5 Å². The molecule has 0 unspecified atom stereocenters. The number of halogens is 1. The molecule has 2 heterocycles. The van der Waals surface area contributed by atoms with Gasteiger partial charge in [0.2, 0.25) is 11.6 Å². The quantitative estimate of drug-likeness (QED) is 0.0961. The third-order valence-corrected chi connectivity index (χ3v) is 5.70. The first-order chi connectivity index (χ1) is 17.3. The zero-order valence-corrected chi connectivity index (χ0v) is 20.1. The predicted octanol–water partition coefficient (Wildman–Crippen LogP) is 5.29. The minimum absolute atomic E-state index is 0.160. The van der Waals surface area contributed by atoms with Gasteiger partial charge in [-0.15, -0.1) is 0 Å². The van der Waals surface area contributed by atoms with Crippen LogP contribution in [0.25, 0.3) is 33.5 Å². The van der Waals surface area contributed by atoms with Gasteiger partial charge in [0.15, 0.2) is 5.76 Å². The van der Waals surface area contributed by atoms with Crippen LogP contribution >= 0.6 is 15.9 Å². The molecule has 5 aromatic rings. The van der Waals surface area contributed by atoms with Crippen LogP contribution in [0.4, 0.5) is 5.69 Å². The van der Waals surface area contributed by atoms with Crippen molar-refractivity contribution in [1.29, 1.82) is 0 Å². The minimum atomic E-state index is -0.684. The van der Waals surface area contributed by atoms with Gasteiger partial charge in [0, 0.05) is 28.4 Å². The van der Waals surface area contributed by atoms with Crippen LogP contribution in [0.3, 0.4) is 0 Å². The van der Waals surface area contributed by atoms with Gasteiger partial charge in [-0.2, -0.15) is 9.78 Å². The highest BCUT2D eigenvalue weighted by Gasteiger charge is 2.19. The van der Waals surface area contributed by atoms with Crippen LogP contribution in [-0.2, 0) is 4.79 Å². The van der Waals surface area contributed by atoms with Gasteiger partial charge in [-0.3, -0.25) is 19.7 Å². The van der Waals surface area contributed by atoms with Gasteiger partial charge in [-0.25, -0.2) is 4.98 Å². The first-order valence-electron chi connectivity index (χ1n) is 10.5. The molecule has 5 rings (SSSR count). The van der Waals surface area contributed by atoms with Crippen molar-refractivity contribution in [3.8, 4) is 17.3 Å². The fourth-order valence-electron chi connectivity index (χ4n) is 3.64. The molecule has 0 saturated heterocycles. The van der Waals surface area contributed by atoms with E-state index in [0.717, 1.165) is 21.5 Å². The Morgan fingerprint density at radius 2 is 1.97 bits per heavy atom. The maximum atomic E-state index is 13.4. The number of hydrogen-bond donors (Lipinski definition) is 0. The van der Waals surface area contributed by atoms with E-state index in [9.17, 15) is 19.7 Å². The van der Waals surface area contributed by atoms with E-state index in [2.05, 4.69) is 26.0 Å². The topological polar surface area (TPSA) is 130 Å². The first-order valence-corrected chi connectivity index (χ1v) is 11.3. The molecule has 0 atom stereocenters. The predicted molar refractivity (Wildman–Crippen MR) is 136 cm³/mol. The number of nitrogens with zero attached hydrogens (tertiary/aromatic N) is 4. The van der Waals surface area contributed by atoms with Gasteiger partial charge in [-0.05, 0) is 48.5 Å². The number of rotatable bonds is 5. The lowest BCUT2D eigenvalue weighted by Crippen LogP contribution is -2.20. The Morgan fingerprint density at radius 1 is 1.17 bits per heavy atom. The first kappa shape index (κ1) is 23.1. The SMILES string of the molecule is CC(=O)Oc1ccc(C=Nn2c(-c3cc4cc(Br)ccc4o3)nc3ccccc3c2=O)cc1[N+](=O)[O-]. The molecule has 10 nitrogen and oxygen atoms in total. The molecule has 0 radical (unpaired) electrons. The van der Waals surface area contributed by atoms with E-state index in [1.54, 1.807) is 36.4 Å². The number of ether oxygens (including phenoxy) is 1. The zero-order valence-electron chi connectivity index (χ0n) is 18.5. The summed E-state index contributed by atoms with van der Waals surface area (Å²) in [6.07, 6.45) is 1.28. The normalized spacial score (nSPS) is 11.4. The Morgan fingerprint density at radius 3 is 2.75 bits per heavy atom. The summed E-state index contributed by atoms with van der Waals surface area (Å²) >= 11 is 3.43. The van der Waals surface area contributed by atoms with Gasteiger partial charge in [0.05, 0.1) is 22.0 Å². The van der Waals surface area contributed by atoms with Crippen LogP contribution < -0.4 is 10.3 Å². The summed E-state index contributed by atoms with van der Waals surface area (Å²) in [4.78, 5) is 40.0. The number of carbonyl (C=O) groups is 1. The molecule has 0 fully saturated rings. The zero-order chi connectivity index (χ0) is 25.4. The molecule has 0 bridgehead atoms. The van der Waals surface area contributed by atoms with Crippen molar-refractivity contribution in [2.75, 3.05) is 0 Å². The Kier molecular flexibility index (Phi) is 5.90. The lowest BCUT2D eigenvalue weighted by molar-refractivity contribution is -0.385. The van der Waals surface area contributed by atoms with Gasteiger partial charge >= 0.3 is 11.7 Å². The lowest BCUT2D eigenvalue weighted by atomic mass is 10.2. The summed E-state index contributed by atoms with van der Waals surface area (Å²) in [5.41, 5.74) is 0.507. The van der Waals surface area contributed by atoms with Crippen molar-refractivity contribution in [3.05, 3.63) is 97.2 Å². The van der Waals surface area contributed by atoms with Gasteiger partial charge in [0.25, 0.3) is 5.56 Å². The number of nitro groups is 1. The monoisotopic (exact) mass is 546 g/mol. The molecule has 2 aromatic heterocycles. The van der Waals surface area contributed by atoms with Crippen molar-refractivity contribution in [1.82, 2.24) is 9.66 Å². The summed E-state index contributed by atoms with van der Waals surface area (Å²) < 4.78 is 12.8. The molecule has 0 saturated carbocycles. The van der Waals surface area contributed by atoms with Crippen LogP contribution in [0, 0.1) is 10.1 Å². The molecule has 178 valence electrons. The molecule has 0 aliphatic carbocycles. The summed E-state index contributed by atoms with van der Waals surface area (Å²) in [7, 11) is 0. The Balaban J connectivity index is 1.66. The van der Waals surface area contributed by atoms with Gasteiger partial charge < -0.3 is 9.15 Å². The van der Waals surface area contributed by atoms with E-state index >= 15 is 0 Å². The van der Waals surface area contributed by atoms with Crippen molar-refractivity contribution >= 4 is 55.7 Å². The Bertz CT molecular complexity index is 1770. The minimum Gasteiger partial charge on any atom is -0.453 e. The highest BCUT2D eigenvalue weighted by Crippen LogP contribution is 2.30. The highest BCUT2D eigenvalue weighted by molar-refractivity contribution is 9.10. The average molecular weight is 547 g/mol.